The van der Waals surface area contributed by atoms with E-state index < -0.39 is 0 Å². The van der Waals surface area contributed by atoms with Crippen LogP contribution in [0.2, 0.25) is 0 Å². The molecule has 30 heavy (non-hydrogen) atoms. The molecule has 0 radical (unpaired) electrons. The fourth-order valence-corrected chi connectivity index (χ4v) is 4.16. The van der Waals surface area contributed by atoms with Gasteiger partial charge in [0.1, 0.15) is 23.3 Å². The minimum absolute atomic E-state index is 0. The number of phenols is 1. The number of ether oxygens (including phenoxy) is 2. The minimum Gasteiger partial charge on any atom is -0.515 e. The quantitative estimate of drug-likeness (QED) is 0.429. The van der Waals surface area contributed by atoms with E-state index in [2.05, 4.69) is 24.9 Å². The van der Waals surface area contributed by atoms with Crippen molar-refractivity contribution in [2.24, 2.45) is 10.4 Å². The number of para-hydroxylation sites is 1. The first-order valence-corrected chi connectivity index (χ1v) is 10.0. The zero-order valence-electron chi connectivity index (χ0n) is 16.9. The summed E-state index contributed by atoms with van der Waals surface area (Å²) in [6, 6.07) is 18.1. The van der Waals surface area contributed by atoms with Crippen LogP contribution in [0.25, 0.3) is 10.9 Å². The van der Waals surface area contributed by atoms with E-state index in [-0.39, 0.29) is 39.0 Å². The molecule has 2 atom stereocenters. The average Bonchev–Trinajstić information content (AvgIpc) is 3.11. The molecule has 3 aromatic rings. The van der Waals surface area contributed by atoms with Crippen molar-refractivity contribution in [2.45, 2.75) is 45.3 Å². The predicted molar refractivity (Wildman–Crippen MR) is 112 cm³/mol. The summed E-state index contributed by atoms with van der Waals surface area (Å²) in [5, 5.41) is 10.9. The maximum Gasteiger partial charge on any atom is 0.217 e. The van der Waals surface area contributed by atoms with Gasteiger partial charge >= 0.3 is 0 Å². The van der Waals surface area contributed by atoms with Crippen LogP contribution in [-0.2, 0) is 25.8 Å². The van der Waals surface area contributed by atoms with Gasteiger partial charge in [0.25, 0.3) is 0 Å². The van der Waals surface area contributed by atoms with Gasteiger partial charge in [-0.15, -0.1) is 18.2 Å². The molecule has 0 unspecified atom stereocenters. The van der Waals surface area contributed by atoms with Gasteiger partial charge in [0, 0.05) is 38.3 Å². The van der Waals surface area contributed by atoms with Crippen LogP contribution in [0.1, 0.15) is 38.7 Å². The molecule has 1 aliphatic heterocycles. The Balaban J connectivity index is 0.00000218. The fourth-order valence-electron chi connectivity index (χ4n) is 4.16. The Morgan fingerprint density at radius 3 is 2.83 bits per heavy atom. The Morgan fingerprint density at radius 1 is 1.13 bits per heavy atom. The number of aromatic hydroxyl groups is 1. The summed E-state index contributed by atoms with van der Waals surface area (Å²) >= 11 is 0. The average molecular weight is 583 g/mol. The van der Waals surface area contributed by atoms with Gasteiger partial charge in [-0.05, 0) is 36.8 Å². The summed E-state index contributed by atoms with van der Waals surface area (Å²) in [5.41, 5.74) is 1.61. The summed E-state index contributed by atoms with van der Waals surface area (Å²) in [7, 11) is 0. The first kappa shape index (κ1) is 20.9. The van der Waals surface area contributed by atoms with Crippen LogP contribution in [0.15, 0.2) is 53.5 Å². The first-order valence-electron chi connectivity index (χ1n) is 10.0. The molecule has 2 aliphatic rings. The van der Waals surface area contributed by atoms with Crippen LogP contribution < -0.4 is 4.74 Å². The molecule has 0 spiro atoms. The molecule has 0 bridgehead atoms. The number of nitrogens with zero attached hydrogens (tertiary/aromatic N) is 2. The minimum atomic E-state index is 0. The molecule has 2 aromatic carbocycles. The second-order valence-corrected chi connectivity index (χ2v) is 8.59. The van der Waals surface area contributed by atoms with Crippen molar-refractivity contribution >= 4 is 16.8 Å². The van der Waals surface area contributed by atoms with Gasteiger partial charge in [0.2, 0.25) is 5.88 Å². The molecule has 0 amide bonds. The molecule has 1 aromatic heterocycles. The van der Waals surface area contributed by atoms with E-state index in [1.807, 2.05) is 30.3 Å². The standard InChI is InChI=1S/C24H23N2O3.Pt/c1-24(2)12-11-20-18(14-24)25-23(29-20)16-6-3-7-17(13-16)28-21-10-9-15-5-4-8-19(27)22(15)26-21;/h3-10,18,20,27H,11-12,14H2,1-2H3;/q-1;/t18-,20-;/m0./s1. The van der Waals surface area contributed by atoms with Crippen LogP contribution in [-0.4, -0.2) is 28.1 Å². The molecule has 1 fully saturated rings. The van der Waals surface area contributed by atoms with E-state index in [9.17, 15) is 5.11 Å². The van der Waals surface area contributed by atoms with Crippen molar-refractivity contribution < 1.29 is 35.6 Å². The second-order valence-electron chi connectivity index (χ2n) is 8.59. The topological polar surface area (TPSA) is 63.9 Å². The number of hydrogen-bond acceptors (Lipinski definition) is 5. The number of rotatable bonds is 3. The number of aromatic nitrogens is 1. The van der Waals surface area contributed by atoms with Crippen LogP contribution in [0.3, 0.4) is 0 Å². The van der Waals surface area contributed by atoms with E-state index in [0.717, 1.165) is 30.2 Å². The molecule has 2 heterocycles. The number of hydrogen-bond donors (Lipinski definition) is 1. The van der Waals surface area contributed by atoms with Gasteiger partial charge < -0.3 is 14.6 Å². The normalized spacial score (nSPS) is 21.9. The Morgan fingerprint density at radius 2 is 1.97 bits per heavy atom. The fraction of sp³-hybridized carbons (Fsp3) is 0.333. The van der Waals surface area contributed by atoms with Crippen molar-refractivity contribution in [3.63, 3.8) is 0 Å². The van der Waals surface area contributed by atoms with E-state index in [1.54, 1.807) is 18.2 Å². The molecule has 5 rings (SSSR count). The van der Waals surface area contributed by atoms with Crippen LogP contribution in [0.4, 0.5) is 0 Å². The summed E-state index contributed by atoms with van der Waals surface area (Å²) in [6.07, 6.45) is 3.40. The van der Waals surface area contributed by atoms with Gasteiger partial charge in [0.05, 0.1) is 6.04 Å². The molecule has 5 nitrogen and oxygen atoms in total. The predicted octanol–water partition coefficient (Wildman–Crippen LogP) is 5.25. The molecular weight excluding hydrogens is 559 g/mol. The van der Waals surface area contributed by atoms with Crippen molar-refractivity contribution in [1.29, 1.82) is 0 Å². The summed E-state index contributed by atoms with van der Waals surface area (Å²) < 4.78 is 12.0. The van der Waals surface area contributed by atoms with E-state index >= 15 is 0 Å². The van der Waals surface area contributed by atoms with Gasteiger partial charge in [-0.25, -0.2) is 4.98 Å². The summed E-state index contributed by atoms with van der Waals surface area (Å²) in [4.78, 5) is 9.25. The summed E-state index contributed by atoms with van der Waals surface area (Å²) in [5.74, 6) is 1.71. The number of aliphatic imine (C=N–C) groups is 1. The zero-order valence-corrected chi connectivity index (χ0v) is 19.1. The van der Waals surface area contributed by atoms with Crippen molar-refractivity contribution in [2.75, 3.05) is 0 Å². The maximum atomic E-state index is 10.0. The van der Waals surface area contributed by atoms with Crippen molar-refractivity contribution in [3.8, 4) is 17.4 Å². The van der Waals surface area contributed by atoms with Crippen LogP contribution in [0, 0.1) is 11.5 Å². The van der Waals surface area contributed by atoms with E-state index in [4.69, 9.17) is 14.5 Å². The van der Waals surface area contributed by atoms with Gasteiger partial charge in [-0.3, -0.25) is 4.99 Å². The number of benzene rings is 2. The second kappa shape index (κ2) is 8.03. The van der Waals surface area contributed by atoms with Crippen molar-refractivity contribution in [1.82, 2.24) is 4.98 Å². The maximum absolute atomic E-state index is 10.0. The van der Waals surface area contributed by atoms with Crippen molar-refractivity contribution in [3.05, 3.63) is 60.2 Å². The molecule has 1 N–H and O–H groups in total. The third-order valence-corrected chi connectivity index (χ3v) is 5.73. The van der Waals surface area contributed by atoms with Gasteiger partial charge in [0.15, 0.2) is 0 Å². The van der Waals surface area contributed by atoms with Gasteiger partial charge in [-0.2, -0.15) is 0 Å². The zero-order chi connectivity index (χ0) is 20.0. The molecule has 158 valence electrons. The molecular formula is C24H23N2O3Pt-. The monoisotopic (exact) mass is 582 g/mol. The van der Waals surface area contributed by atoms with Crippen LogP contribution >= 0.6 is 0 Å². The molecule has 0 saturated heterocycles. The Labute approximate surface area is 190 Å². The Hall–Kier alpha value is -2.39. The smallest absolute Gasteiger partial charge is 0.217 e. The summed E-state index contributed by atoms with van der Waals surface area (Å²) in [6.45, 7) is 4.59. The Bertz CT molecular complexity index is 1110. The van der Waals surface area contributed by atoms with E-state index in [0.29, 0.717) is 28.5 Å². The molecule has 1 saturated carbocycles. The molecule has 1 aliphatic carbocycles. The van der Waals surface area contributed by atoms with E-state index in [1.165, 1.54) is 0 Å². The van der Waals surface area contributed by atoms with Crippen LogP contribution in [0.5, 0.6) is 17.4 Å². The largest absolute Gasteiger partial charge is 0.515 e. The first-order chi connectivity index (χ1) is 14.0. The third kappa shape index (κ3) is 4.09. The Kier molecular flexibility index (Phi) is 5.59. The number of phenolic OH excluding ortho intramolecular Hbond substituents is 1. The third-order valence-electron chi connectivity index (χ3n) is 5.73. The molecule has 6 heteroatoms. The number of pyridine rings is 1. The number of fused-ring (bicyclic) bond motifs is 2. The SMILES string of the molecule is CC1(C)CC[C@@H]2OC(c3[c-]c(Oc4ccc5cccc(O)c5n4)ccc3)=N[C@H]2C1.[Pt]. The van der Waals surface area contributed by atoms with Gasteiger partial charge in [-0.1, -0.05) is 37.6 Å².